The number of carboxylic acids is 1. The lowest BCUT2D eigenvalue weighted by atomic mass is 10.3. The fraction of sp³-hybridized carbons (Fsp3) is 0.583. The van der Waals surface area contributed by atoms with Gasteiger partial charge in [-0.2, -0.15) is 12.7 Å². The monoisotopic (exact) mass is 334 g/mol. The second kappa shape index (κ2) is 5.91. The van der Waals surface area contributed by atoms with Crippen molar-refractivity contribution < 1.29 is 23.1 Å². The summed E-state index contributed by atoms with van der Waals surface area (Å²) in [6.45, 7) is 5.76. The van der Waals surface area contributed by atoms with Gasteiger partial charge in [0.05, 0.1) is 17.9 Å². The van der Waals surface area contributed by atoms with Crippen LogP contribution in [-0.4, -0.2) is 49.1 Å². The lowest BCUT2D eigenvalue weighted by Gasteiger charge is -2.34. The molecule has 21 heavy (non-hydrogen) atoms. The Bertz CT molecular complexity index is 630. The first-order chi connectivity index (χ1) is 9.70. The number of thiophene rings is 1. The zero-order valence-corrected chi connectivity index (χ0v) is 13.6. The molecule has 0 spiro atoms. The van der Waals surface area contributed by atoms with Gasteiger partial charge in [0, 0.05) is 13.1 Å². The topological polar surface area (TPSA) is 95.9 Å². The third-order valence-corrected chi connectivity index (χ3v) is 5.65. The van der Waals surface area contributed by atoms with E-state index in [9.17, 15) is 13.2 Å². The van der Waals surface area contributed by atoms with Gasteiger partial charge in [-0.05, 0) is 31.7 Å². The van der Waals surface area contributed by atoms with Gasteiger partial charge in [0.15, 0.2) is 0 Å². The number of rotatable bonds is 4. The Balaban J connectivity index is 2.26. The number of aromatic carboxylic acids is 1. The molecule has 2 atom stereocenters. The molecule has 0 amide bonds. The van der Waals surface area contributed by atoms with Crippen molar-refractivity contribution in [3.05, 3.63) is 15.8 Å². The van der Waals surface area contributed by atoms with Crippen molar-refractivity contribution in [1.29, 1.82) is 0 Å². The number of carboxylic acid groups (broad SMARTS) is 1. The largest absolute Gasteiger partial charge is 0.477 e. The van der Waals surface area contributed by atoms with Crippen LogP contribution in [0.3, 0.4) is 0 Å². The Morgan fingerprint density at radius 3 is 2.52 bits per heavy atom. The summed E-state index contributed by atoms with van der Waals surface area (Å²) in [5.74, 6) is -1.14. The summed E-state index contributed by atoms with van der Waals surface area (Å²) in [5, 5.41) is 10.7. The molecule has 0 bridgehead atoms. The van der Waals surface area contributed by atoms with E-state index < -0.39 is 16.2 Å². The number of ether oxygens (including phenoxy) is 1. The van der Waals surface area contributed by atoms with Gasteiger partial charge in [-0.15, -0.1) is 11.3 Å². The Hall–Kier alpha value is -1.16. The maximum atomic E-state index is 12.4. The summed E-state index contributed by atoms with van der Waals surface area (Å²) < 4.78 is 34.1. The molecule has 7 nitrogen and oxygen atoms in total. The minimum atomic E-state index is -3.80. The average Bonchev–Trinajstić information content (AvgIpc) is 2.69. The summed E-state index contributed by atoms with van der Waals surface area (Å²) >= 11 is 1.00. The number of hydrogen-bond donors (Lipinski definition) is 2. The lowest BCUT2D eigenvalue weighted by Crippen LogP contribution is -2.50. The van der Waals surface area contributed by atoms with Gasteiger partial charge in [-0.3, -0.25) is 4.72 Å². The van der Waals surface area contributed by atoms with Crippen molar-refractivity contribution >= 4 is 33.2 Å². The second-order valence-electron chi connectivity index (χ2n) is 5.11. The van der Waals surface area contributed by atoms with E-state index in [4.69, 9.17) is 9.84 Å². The number of nitrogens with zero attached hydrogens (tertiary/aromatic N) is 1. The zero-order valence-electron chi connectivity index (χ0n) is 12.0. The van der Waals surface area contributed by atoms with Crippen molar-refractivity contribution in [3.63, 3.8) is 0 Å². The van der Waals surface area contributed by atoms with Crippen LogP contribution in [0.25, 0.3) is 0 Å². The smallest absolute Gasteiger partial charge is 0.348 e. The van der Waals surface area contributed by atoms with E-state index in [0.29, 0.717) is 5.56 Å². The van der Waals surface area contributed by atoms with Gasteiger partial charge >= 0.3 is 16.2 Å². The molecule has 1 aliphatic heterocycles. The minimum Gasteiger partial charge on any atom is -0.477 e. The van der Waals surface area contributed by atoms with Gasteiger partial charge in [0.25, 0.3) is 0 Å². The van der Waals surface area contributed by atoms with Crippen LogP contribution in [0.1, 0.15) is 29.1 Å². The van der Waals surface area contributed by atoms with E-state index in [1.807, 2.05) is 0 Å². The fourth-order valence-electron chi connectivity index (χ4n) is 2.25. The molecule has 2 heterocycles. The van der Waals surface area contributed by atoms with Gasteiger partial charge < -0.3 is 9.84 Å². The zero-order chi connectivity index (χ0) is 15.8. The second-order valence-corrected chi connectivity index (χ2v) is 7.66. The highest BCUT2D eigenvalue weighted by Crippen LogP contribution is 2.29. The molecular weight excluding hydrogens is 316 g/mol. The average molecular weight is 334 g/mol. The van der Waals surface area contributed by atoms with Crippen LogP contribution in [0.2, 0.25) is 0 Å². The number of morpholine rings is 1. The number of aryl methyl sites for hydroxylation is 1. The molecule has 2 rings (SSSR count). The molecular formula is C12H18N2O5S2. The predicted molar refractivity (Wildman–Crippen MR) is 80.1 cm³/mol. The molecule has 1 saturated heterocycles. The Labute approximate surface area is 127 Å². The third-order valence-electron chi connectivity index (χ3n) is 3.13. The Morgan fingerprint density at radius 2 is 2.00 bits per heavy atom. The summed E-state index contributed by atoms with van der Waals surface area (Å²) in [4.78, 5) is 11.1. The van der Waals surface area contributed by atoms with Crippen molar-refractivity contribution in [3.8, 4) is 0 Å². The normalized spacial score (nSPS) is 24.0. The molecule has 2 unspecified atom stereocenters. The van der Waals surface area contributed by atoms with Crippen LogP contribution in [0.15, 0.2) is 5.38 Å². The molecule has 1 fully saturated rings. The van der Waals surface area contributed by atoms with E-state index in [1.165, 1.54) is 4.31 Å². The molecule has 0 saturated carbocycles. The number of anilines is 1. The molecule has 9 heteroatoms. The molecule has 2 N–H and O–H groups in total. The van der Waals surface area contributed by atoms with Crippen molar-refractivity contribution in [2.24, 2.45) is 0 Å². The van der Waals surface area contributed by atoms with E-state index in [0.717, 1.165) is 11.3 Å². The third kappa shape index (κ3) is 3.54. The molecule has 1 aromatic heterocycles. The first kappa shape index (κ1) is 16.2. The van der Waals surface area contributed by atoms with Gasteiger partial charge in [0.2, 0.25) is 0 Å². The molecule has 0 aromatic carbocycles. The fourth-order valence-corrected chi connectivity index (χ4v) is 4.62. The highest BCUT2D eigenvalue weighted by atomic mass is 32.2. The highest BCUT2D eigenvalue weighted by molar-refractivity contribution is 7.90. The lowest BCUT2D eigenvalue weighted by molar-refractivity contribution is -0.0439. The number of carbonyl (C=O) groups is 1. The van der Waals surface area contributed by atoms with Crippen molar-refractivity contribution in [2.45, 2.75) is 33.0 Å². The quantitative estimate of drug-likeness (QED) is 0.870. The first-order valence-corrected chi connectivity index (χ1v) is 8.77. The van der Waals surface area contributed by atoms with Crippen molar-refractivity contribution in [2.75, 3.05) is 17.8 Å². The predicted octanol–water partition coefficient (Wildman–Crippen LogP) is 1.52. The van der Waals surface area contributed by atoms with Crippen LogP contribution < -0.4 is 4.72 Å². The van der Waals surface area contributed by atoms with E-state index in [2.05, 4.69) is 4.72 Å². The molecule has 1 aromatic rings. The maximum absolute atomic E-state index is 12.4. The van der Waals surface area contributed by atoms with Gasteiger partial charge in [-0.1, -0.05) is 0 Å². The highest BCUT2D eigenvalue weighted by Gasteiger charge is 2.32. The van der Waals surface area contributed by atoms with Crippen LogP contribution >= 0.6 is 11.3 Å². The van der Waals surface area contributed by atoms with E-state index in [1.54, 1.807) is 26.2 Å². The van der Waals surface area contributed by atoms with Crippen LogP contribution in [-0.2, 0) is 14.9 Å². The molecule has 0 aliphatic carbocycles. The molecule has 1 aliphatic rings. The molecule has 0 radical (unpaired) electrons. The Morgan fingerprint density at radius 1 is 1.43 bits per heavy atom. The SMILES string of the molecule is Cc1csc(C(=O)O)c1NS(=O)(=O)N1CC(C)OC(C)C1. The maximum Gasteiger partial charge on any atom is 0.348 e. The number of nitrogens with one attached hydrogen (secondary N) is 1. The standard InChI is InChI=1S/C12H18N2O5S2/c1-7-6-20-11(12(15)16)10(7)13-21(17,18)14-4-8(2)19-9(3)5-14/h6,8-9,13H,4-5H2,1-3H3,(H,15,16). The van der Waals surface area contributed by atoms with Crippen LogP contribution in [0.4, 0.5) is 5.69 Å². The van der Waals surface area contributed by atoms with Crippen LogP contribution in [0, 0.1) is 6.92 Å². The summed E-state index contributed by atoms with van der Waals surface area (Å²) in [6.07, 6.45) is -0.402. The summed E-state index contributed by atoms with van der Waals surface area (Å²) in [5.41, 5.74) is 0.731. The van der Waals surface area contributed by atoms with Gasteiger partial charge in [0.1, 0.15) is 4.88 Å². The van der Waals surface area contributed by atoms with Crippen LogP contribution in [0.5, 0.6) is 0 Å². The first-order valence-electron chi connectivity index (χ1n) is 6.45. The summed E-state index contributed by atoms with van der Waals surface area (Å²) in [7, 11) is -3.80. The number of hydrogen-bond acceptors (Lipinski definition) is 5. The molecule has 118 valence electrons. The minimum absolute atomic E-state index is 0.00886. The van der Waals surface area contributed by atoms with Gasteiger partial charge in [-0.25, -0.2) is 4.79 Å². The van der Waals surface area contributed by atoms with E-state index >= 15 is 0 Å². The van der Waals surface area contributed by atoms with Crippen molar-refractivity contribution in [1.82, 2.24) is 4.31 Å². The Kier molecular flexibility index (Phi) is 4.57. The van der Waals surface area contributed by atoms with E-state index in [-0.39, 0.29) is 35.9 Å². The summed E-state index contributed by atoms with van der Waals surface area (Å²) in [6, 6.07) is 0.